The summed E-state index contributed by atoms with van der Waals surface area (Å²) < 4.78 is 45.5. The molecule has 3 aromatic carbocycles. The van der Waals surface area contributed by atoms with Gasteiger partial charge in [0.2, 0.25) is 5.91 Å². The van der Waals surface area contributed by atoms with Crippen LogP contribution in [-0.2, 0) is 14.8 Å². The Hall–Kier alpha value is -4.31. The Labute approximate surface area is 209 Å². The first-order valence-corrected chi connectivity index (χ1v) is 12.4. The fourth-order valence-corrected chi connectivity index (χ4v) is 4.92. The highest BCUT2D eigenvalue weighted by Crippen LogP contribution is 2.37. The summed E-state index contributed by atoms with van der Waals surface area (Å²) in [5, 5.41) is 3.29. The lowest BCUT2D eigenvalue weighted by molar-refractivity contribution is -0.114. The van der Waals surface area contributed by atoms with Crippen molar-refractivity contribution in [2.45, 2.75) is 18.7 Å². The number of methoxy groups -OCH3 is 2. The Kier molecular flexibility index (Phi) is 6.98. The van der Waals surface area contributed by atoms with Crippen molar-refractivity contribution in [2.75, 3.05) is 24.3 Å². The molecule has 9 nitrogen and oxygen atoms in total. The molecule has 4 rings (SSSR count). The Morgan fingerprint density at radius 2 is 1.58 bits per heavy atom. The van der Waals surface area contributed by atoms with Crippen LogP contribution in [0.5, 0.6) is 23.0 Å². The van der Waals surface area contributed by atoms with Crippen LogP contribution in [0.4, 0.5) is 11.4 Å². The number of nitrogens with zero attached hydrogens (tertiary/aromatic N) is 1. The van der Waals surface area contributed by atoms with Gasteiger partial charge in [0.05, 0.1) is 25.4 Å². The van der Waals surface area contributed by atoms with Crippen LogP contribution in [0, 0.1) is 6.92 Å². The number of benzene rings is 3. The lowest BCUT2D eigenvalue weighted by Crippen LogP contribution is -2.17. The largest absolute Gasteiger partial charge is 0.493 e. The number of aryl methyl sites for hydroxylation is 1. The number of ether oxygens (including phenoxy) is 3. The molecule has 0 radical (unpaired) electrons. The van der Waals surface area contributed by atoms with E-state index in [2.05, 4.69) is 15.0 Å². The van der Waals surface area contributed by atoms with Crippen LogP contribution in [0.2, 0.25) is 0 Å². The molecule has 2 N–H and O–H groups in total. The number of pyridine rings is 1. The van der Waals surface area contributed by atoms with Crippen molar-refractivity contribution < 1.29 is 27.4 Å². The predicted octanol–water partition coefficient (Wildman–Crippen LogP) is 5.11. The molecule has 0 aliphatic carbocycles. The highest BCUT2D eigenvalue weighted by atomic mass is 32.2. The number of carbonyl (C=O) groups is 1. The summed E-state index contributed by atoms with van der Waals surface area (Å²) in [7, 11) is -0.860. The SMILES string of the molecule is COc1cc2nccc(Oc3ccc(NS(=O)(=O)c4cc(C)ccc4NC(C)=O)cc3)c2cc1OC. The summed E-state index contributed by atoms with van der Waals surface area (Å²) in [6.45, 7) is 3.10. The van der Waals surface area contributed by atoms with Crippen LogP contribution in [0.1, 0.15) is 12.5 Å². The number of hydrogen-bond donors (Lipinski definition) is 2. The minimum atomic E-state index is -3.97. The zero-order valence-corrected chi connectivity index (χ0v) is 21.0. The smallest absolute Gasteiger partial charge is 0.263 e. The molecule has 0 saturated carbocycles. The standard InChI is InChI=1S/C26H25N3O6S/c1-16-5-10-21(28-17(2)30)26(13-16)36(31,32)29-18-6-8-19(9-7-18)35-23-11-12-27-22-15-25(34-4)24(33-3)14-20(22)23/h5-15,29H,1-4H3,(H,28,30). The molecule has 0 aliphatic rings. The second-order valence-corrected chi connectivity index (χ2v) is 9.60. The van der Waals surface area contributed by atoms with Gasteiger partial charge < -0.3 is 19.5 Å². The van der Waals surface area contributed by atoms with Gasteiger partial charge in [-0.05, 0) is 61.0 Å². The molecule has 0 unspecified atom stereocenters. The van der Waals surface area contributed by atoms with Gasteiger partial charge in [0, 0.05) is 30.3 Å². The fraction of sp³-hybridized carbons (Fsp3) is 0.154. The van der Waals surface area contributed by atoms with Crippen LogP contribution in [0.3, 0.4) is 0 Å². The second kappa shape index (κ2) is 10.1. The maximum Gasteiger partial charge on any atom is 0.263 e. The Morgan fingerprint density at radius 1 is 0.889 bits per heavy atom. The first-order valence-electron chi connectivity index (χ1n) is 10.9. The van der Waals surface area contributed by atoms with Crippen molar-refractivity contribution >= 4 is 38.2 Å². The van der Waals surface area contributed by atoms with Gasteiger partial charge in [0.15, 0.2) is 11.5 Å². The van der Waals surface area contributed by atoms with Crippen molar-refractivity contribution in [1.82, 2.24) is 4.98 Å². The molecule has 0 atom stereocenters. The number of nitrogens with one attached hydrogen (secondary N) is 2. The van der Waals surface area contributed by atoms with Crippen LogP contribution in [-0.4, -0.2) is 33.5 Å². The van der Waals surface area contributed by atoms with E-state index >= 15 is 0 Å². The fourth-order valence-electron chi connectivity index (χ4n) is 3.61. The molecule has 0 aliphatic heterocycles. The van der Waals surface area contributed by atoms with Crippen molar-refractivity contribution in [3.05, 3.63) is 72.4 Å². The van der Waals surface area contributed by atoms with E-state index < -0.39 is 10.0 Å². The van der Waals surface area contributed by atoms with Crippen molar-refractivity contribution in [3.8, 4) is 23.0 Å². The minimum absolute atomic E-state index is 0.0225. The summed E-state index contributed by atoms with van der Waals surface area (Å²) >= 11 is 0. The van der Waals surface area contributed by atoms with E-state index in [-0.39, 0.29) is 16.5 Å². The van der Waals surface area contributed by atoms with E-state index in [1.165, 1.54) is 13.0 Å². The summed E-state index contributed by atoms with van der Waals surface area (Å²) in [5.41, 5.74) is 1.95. The van der Waals surface area contributed by atoms with Crippen molar-refractivity contribution in [2.24, 2.45) is 0 Å². The Morgan fingerprint density at radius 3 is 2.25 bits per heavy atom. The van der Waals surface area contributed by atoms with Crippen LogP contribution in [0.15, 0.2) is 71.8 Å². The third-order valence-corrected chi connectivity index (χ3v) is 6.70. The van der Waals surface area contributed by atoms with Gasteiger partial charge in [-0.3, -0.25) is 14.5 Å². The molecular formula is C26H25N3O6S. The number of carbonyl (C=O) groups excluding carboxylic acids is 1. The first-order chi connectivity index (χ1) is 17.2. The lowest BCUT2D eigenvalue weighted by atomic mass is 10.2. The number of fused-ring (bicyclic) bond motifs is 1. The number of rotatable bonds is 8. The van der Waals surface area contributed by atoms with Crippen LogP contribution in [0.25, 0.3) is 10.9 Å². The zero-order valence-electron chi connectivity index (χ0n) is 20.2. The maximum atomic E-state index is 13.1. The Bertz CT molecular complexity index is 1540. The molecule has 186 valence electrons. The van der Waals surface area contributed by atoms with Gasteiger partial charge in [0.1, 0.15) is 16.4 Å². The first kappa shape index (κ1) is 24.8. The zero-order chi connectivity index (χ0) is 25.9. The van der Waals surface area contributed by atoms with Crippen molar-refractivity contribution in [1.29, 1.82) is 0 Å². The summed E-state index contributed by atoms with van der Waals surface area (Å²) in [5.74, 6) is 1.78. The third kappa shape index (κ3) is 5.33. The van der Waals surface area contributed by atoms with Gasteiger partial charge in [-0.25, -0.2) is 8.42 Å². The van der Waals surface area contributed by atoms with E-state index in [1.807, 2.05) is 0 Å². The lowest BCUT2D eigenvalue weighted by Gasteiger charge is -2.14. The van der Waals surface area contributed by atoms with Gasteiger partial charge in [-0.15, -0.1) is 0 Å². The minimum Gasteiger partial charge on any atom is -0.493 e. The summed E-state index contributed by atoms with van der Waals surface area (Å²) in [6, 6.07) is 16.5. The molecule has 36 heavy (non-hydrogen) atoms. The highest BCUT2D eigenvalue weighted by molar-refractivity contribution is 7.92. The quantitative estimate of drug-likeness (QED) is 0.340. The highest BCUT2D eigenvalue weighted by Gasteiger charge is 2.20. The van der Waals surface area contributed by atoms with Gasteiger partial charge in [-0.1, -0.05) is 6.07 Å². The molecule has 1 amide bonds. The van der Waals surface area contributed by atoms with Gasteiger partial charge in [-0.2, -0.15) is 0 Å². The molecule has 0 fully saturated rings. The average molecular weight is 508 g/mol. The van der Waals surface area contributed by atoms with E-state index in [4.69, 9.17) is 14.2 Å². The summed E-state index contributed by atoms with van der Waals surface area (Å²) in [6.07, 6.45) is 1.63. The monoisotopic (exact) mass is 507 g/mol. The molecule has 1 aromatic heterocycles. The number of sulfonamides is 1. The van der Waals surface area contributed by atoms with Gasteiger partial charge >= 0.3 is 0 Å². The maximum absolute atomic E-state index is 13.1. The molecule has 10 heteroatoms. The van der Waals surface area contributed by atoms with E-state index in [0.29, 0.717) is 34.2 Å². The molecule has 0 bridgehead atoms. The number of aromatic nitrogens is 1. The van der Waals surface area contributed by atoms with Crippen molar-refractivity contribution in [3.63, 3.8) is 0 Å². The number of amides is 1. The van der Waals surface area contributed by atoms with E-state index in [9.17, 15) is 13.2 Å². The topological polar surface area (TPSA) is 116 Å². The Balaban J connectivity index is 1.58. The van der Waals surface area contributed by atoms with Crippen LogP contribution >= 0.6 is 0 Å². The molecule has 0 spiro atoms. The van der Waals surface area contributed by atoms with E-state index in [1.54, 1.807) is 81.9 Å². The molecule has 4 aromatic rings. The molecule has 0 saturated heterocycles. The summed E-state index contributed by atoms with van der Waals surface area (Å²) in [4.78, 5) is 15.9. The normalized spacial score (nSPS) is 11.1. The molecular weight excluding hydrogens is 482 g/mol. The predicted molar refractivity (Wildman–Crippen MR) is 138 cm³/mol. The van der Waals surface area contributed by atoms with Crippen LogP contribution < -0.4 is 24.2 Å². The van der Waals surface area contributed by atoms with E-state index in [0.717, 1.165) is 10.9 Å². The average Bonchev–Trinajstić information content (AvgIpc) is 2.85. The van der Waals surface area contributed by atoms with Gasteiger partial charge in [0.25, 0.3) is 10.0 Å². The second-order valence-electron chi connectivity index (χ2n) is 7.95. The number of hydrogen-bond acceptors (Lipinski definition) is 7. The molecule has 1 heterocycles. The number of anilines is 2. The third-order valence-electron chi connectivity index (χ3n) is 5.28.